The van der Waals surface area contributed by atoms with Gasteiger partial charge in [0.2, 0.25) is 5.91 Å². The number of aliphatic hydroxyl groups excluding tert-OH is 2. The molecule has 0 aromatic heterocycles. The van der Waals surface area contributed by atoms with E-state index in [0.717, 1.165) is 44.9 Å². The first kappa shape index (κ1) is 63.3. The second kappa shape index (κ2) is 54.9. The lowest BCUT2D eigenvalue weighted by molar-refractivity contribution is -0.143. The van der Waals surface area contributed by atoms with E-state index in [1.807, 2.05) is 6.08 Å². The lowest BCUT2D eigenvalue weighted by atomic mass is 10.0. The largest absolute Gasteiger partial charge is 0.466 e. The van der Waals surface area contributed by atoms with E-state index in [9.17, 15) is 19.8 Å². The molecule has 0 fully saturated rings. The molecule has 384 valence electrons. The van der Waals surface area contributed by atoms with Crippen LogP contribution < -0.4 is 5.32 Å². The zero-order valence-corrected chi connectivity index (χ0v) is 43.7. The molecular weight excluding hydrogens is 803 g/mol. The van der Waals surface area contributed by atoms with Crippen LogP contribution in [0.2, 0.25) is 0 Å². The molecule has 0 saturated carbocycles. The number of rotatable bonds is 54. The van der Waals surface area contributed by atoms with E-state index in [1.165, 1.54) is 244 Å². The van der Waals surface area contributed by atoms with Gasteiger partial charge in [0.05, 0.1) is 25.4 Å². The highest BCUT2D eigenvalue weighted by Crippen LogP contribution is 2.17. The molecule has 0 rings (SSSR count). The van der Waals surface area contributed by atoms with E-state index in [0.29, 0.717) is 19.4 Å². The van der Waals surface area contributed by atoms with Gasteiger partial charge in [0.1, 0.15) is 0 Å². The summed E-state index contributed by atoms with van der Waals surface area (Å²) in [4.78, 5) is 24.5. The molecular formula is C59H113NO5. The number of esters is 1. The fourth-order valence-corrected chi connectivity index (χ4v) is 8.98. The quantitative estimate of drug-likeness (QED) is 0.0321. The molecule has 6 nitrogen and oxygen atoms in total. The van der Waals surface area contributed by atoms with Crippen molar-refractivity contribution in [3.63, 3.8) is 0 Å². The highest BCUT2D eigenvalue weighted by molar-refractivity contribution is 5.76. The van der Waals surface area contributed by atoms with Gasteiger partial charge in [0.25, 0.3) is 0 Å². The number of hydrogen-bond donors (Lipinski definition) is 3. The summed E-state index contributed by atoms with van der Waals surface area (Å²) < 4.78 is 5.49. The van der Waals surface area contributed by atoms with Crippen LogP contribution in [0.15, 0.2) is 24.3 Å². The lowest BCUT2D eigenvalue weighted by Crippen LogP contribution is -2.45. The summed E-state index contributed by atoms with van der Waals surface area (Å²) in [7, 11) is 0. The molecule has 65 heavy (non-hydrogen) atoms. The Bertz CT molecular complexity index is 1010. The molecule has 0 heterocycles. The Hall–Kier alpha value is -1.66. The van der Waals surface area contributed by atoms with Gasteiger partial charge >= 0.3 is 5.97 Å². The standard InChI is InChI=1S/C59H113NO5/c1-3-5-7-9-11-13-15-16-17-22-26-29-33-37-41-45-49-53-59(64)65-54-50-46-42-38-34-30-27-24-21-19-18-20-23-25-28-32-36-40-44-48-52-58(63)60-56(55-61)57(62)51-47-43-39-35-31-14-12-10-8-6-4-2/h18,20,47,51,56-57,61-62H,3-17,19,21-46,48-50,52-55H2,1-2H3,(H,60,63)/b20-18-,51-47+. The maximum absolute atomic E-state index is 12.4. The Morgan fingerprint density at radius 3 is 1.09 bits per heavy atom. The SMILES string of the molecule is CCCCCCCCCCC/C=C/C(O)C(CO)NC(=O)CCCCCCCCC/C=C\CCCCCCCCCCCOC(=O)CCCCCCCCCCCCCCCCCCC. The molecule has 0 spiro atoms. The molecule has 0 aliphatic rings. The average molecular weight is 917 g/mol. The number of carbonyl (C=O) groups excluding carboxylic acids is 2. The fourth-order valence-electron chi connectivity index (χ4n) is 8.98. The number of nitrogens with one attached hydrogen (secondary N) is 1. The maximum atomic E-state index is 12.4. The summed E-state index contributed by atoms with van der Waals surface area (Å²) in [5.74, 6) is -0.0680. The third-order valence-electron chi connectivity index (χ3n) is 13.5. The Labute approximate surface area is 405 Å². The van der Waals surface area contributed by atoms with Crippen molar-refractivity contribution in [3.8, 4) is 0 Å². The zero-order chi connectivity index (χ0) is 47.2. The molecule has 0 bridgehead atoms. The highest BCUT2D eigenvalue weighted by Gasteiger charge is 2.18. The van der Waals surface area contributed by atoms with E-state index in [1.54, 1.807) is 6.08 Å². The molecule has 0 aromatic carbocycles. The average Bonchev–Trinajstić information content (AvgIpc) is 3.31. The normalized spacial score (nSPS) is 12.7. The second-order valence-corrected chi connectivity index (χ2v) is 20.0. The Morgan fingerprint density at radius 1 is 0.415 bits per heavy atom. The number of unbranched alkanes of at least 4 members (excludes halogenated alkanes) is 41. The van der Waals surface area contributed by atoms with Crippen molar-refractivity contribution in [2.45, 2.75) is 328 Å². The van der Waals surface area contributed by atoms with Gasteiger partial charge in [-0.25, -0.2) is 0 Å². The van der Waals surface area contributed by atoms with Crippen LogP contribution >= 0.6 is 0 Å². The van der Waals surface area contributed by atoms with Gasteiger partial charge in [-0.05, 0) is 57.8 Å². The van der Waals surface area contributed by atoms with E-state index >= 15 is 0 Å². The minimum Gasteiger partial charge on any atom is -0.466 e. The summed E-state index contributed by atoms with van der Waals surface area (Å²) in [6, 6.07) is -0.632. The summed E-state index contributed by atoms with van der Waals surface area (Å²) in [5, 5.41) is 23.0. The molecule has 0 radical (unpaired) electrons. The number of hydrogen-bond acceptors (Lipinski definition) is 5. The number of allylic oxidation sites excluding steroid dienone is 3. The van der Waals surface area contributed by atoms with Crippen molar-refractivity contribution in [3.05, 3.63) is 24.3 Å². The van der Waals surface area contributed by atoms with Crippen molar-refractivity contribution in [2.75, 3.05) is 13.2 Å². The van der Waals surface area contributed by atoms with Crippen molar-refractivity contribution < 1.29 is 24.5 Å². The molecule has 6 heteroatoms. The highest BCUT2D eigenvalue weighted by atomic mass is 16.5. The lowest BCUT2D eigenvalue weighted by Gasteiger charge is -2.20. The van der Waals surface area contributed by atoms with Gasteiger partial charge < -0.3 is 20.3 Å². The fraction of sp³-hybridized carbons (Fsp3) is 0.898. The Balaban J connectivity index is 3.41. The summed E-state index contributed by atoms with van der Waals surface area (Å²) in [6.07, 6.45) is 66.4. The van der Waals surface area contributed by atoms with Crippen molar-refractivity contribution in [2.24, 2.45) is 0 Å². The first-order chi connectivity index (χ1) is 32.0. The van der Waals surface area contributed by atoms with Gasteiger partial charge in [0.15, 0.2) is 0 Å². The number of carbonyl (C=O) groups is 2. The number of aliphatic hydroxyl groups is 2. The first-order valence-electron chi connectivity index (χ1n) is 29.1. The molecule has 1 amide bonds. The molecule has 0 saturated heterocycles. The third-order valence-corrected chi connectivity index (χ3v) is 13.5. The van der Waals surface area contributed by atoms with Gasteiger partial charge in [-0.1, -0.05) is 269 Å². The van der Waals surface area contributed by atoms with Crippen LogP contribution in [0.5, 0.6) is 0 Å². The minimum atomic E-state index is -0.848. The van der Waals surface area contributed by atoms with E-state index < -0.39 is 12.1 Å². The van der Waals surface area contributed by atoms with E-state index in [-0.39, 0.29) is 18.5 Å². The predicted molar refractivity (Wildman–Crippen MR) is 283 cm³/mol. The van der Waals surface area contributed by atoms with Crippen LogP contribution in [-0.4, -0.2) is 47.4 Å². The van der Waals surface area contributed by atoms with Gasteiger partial charge in [-0.15, -0.1) is 0 Å². The maximum Gasteiger partial charge on any atom is 0.305 e. The van der Waals surface area contributed by atoms with Crippen molar-refractivity contribution in [1.82, 2.24) is 5.32 Å². The zero-order valence-electron chi connectivity index (χ0n) is 43.7. The monoisotopic (exact) mass is 916 g/mol. The molecule has 0 aliphatic heterocycles. The number of ether oxygens (including phenoxy) is 1. The van der Waals surface area contributed by atoms with Gasteiger partial charge in [-0.3, -0.25) is 9.59 Å². The van der Waals surface area contributed by atoms with Crippen molar-refractivity contribution >= 4 is 11.9 Å². The Morgan fingerprint density at radius 2 is 0.723 bits per heavy atom. The van der Waals surface area contributed by atoms with Crippen LogP contribution in [-0.2, 0) is 14.3 Å². The molecule has 2 atom stereocenters. The minimum absolute atomic E-state index is 0.00941. The summed E-state index contributed by atoms with van der Waals surface area (Å²) >= 11 is 0. The van der Waals surface area contributed by atoms with Crippen LogP contribution in [0, 0.1) is 0 Å². The predicted octanol–water partition coefficient (Wildman–Crippen LogP) is 17.9. The van der Waals surface area contributed by atoms with Gasteiger partial charge in [0, 0.05) is 12.8 Å². The summed E-state index contributed by atoms with van der Waals surface area (Å²) in [6.45, 7) is 4.89. The van der Waals surface area contributed by atoms with Crippen LogP contribution in [0.3, 0.4) is 0 Å². The third kappa shape index (κ3) is 51.6. The molecule has 3 N–H and O–H groups in total. The smallest absolute Gasteiger partial charge is 0.305 e. The molecule has 0 aliphatic carbocycles. The topological polar surface area (TPSA) is 95.9 Å². The van der Waals surface area contributed by atoms with E-state index in [4.69, 9.17) is 4.74 Å². The molecule has 2 unspecified atom stereocenters. The number of amides is 1. The first-order valence-corrected chi connectivity index (χ1v) is 29.1. The van der Waals surface area contributed by atoms with Crippen LogP contribution in [0.1, 0.15) is 316 Å². The van der Waals surface area contributed by atoms with E-state index in [2.05, 4.69) is 31.3 Å². The Kier molecular flexibility index (Phi) is 53.5. The van der Waals surface area contributed by atoms with Crippen LogP contribution in [0.25, 0.3) is 0 Å². The van der Waals surface area contributed by atoms with Crippen LogP contribution in [0.4, 0.5) is 0 Å². The van der Waals surface area contributed by atoms with Crippen molar-refractivity contribution in [1.29, 1.82) is 0 Å². The second-order valence-electron chi connectivity index (χ2n) is 20.0. The molecule has 0 aromatic rings. The van der Waals surface area contributed by atoms with Gasteiger partial charge in [-0.2, -0.15) is 0 Å². The summed E-state index contributed by atoms with van der Waals surface area (Å²) in [5.41, 5.74) is 0.